The number of carboxylic acids is 4. The van der Waals surface area contributed by atoms with Crippen molar-refractivity contribution in [3.8, 4) is 0 Å². The van der Waals surface area contributed by atoms with E-state index in [9.17, 15) is 34.2 Å². The summed E-state index contributed by atoms with van der Waals surface area (Å²) in [6.45, 7) is 6.62. The molecule has 0 saturated heterocycles. The van der Waals surface area contributed by atoms with Crippen LogP contribution in [0.15, 0.2) is 127 Å². The van der Waals surface area contributed by atoms with Crippen molar-refractivity contribution in [1.82, 2.24) is 78.1 Å². The number of aliphatic carboxylic acids is 4. The average molecular weight is 1670 g/mol. The monoisotopic (exact) mass is 1660 g/mol. The van der Waals surface area contributed by atoms with Gasteiger partial charge >= 0.3 is 23.9 Å². The number of nitrogens with one attached hydrogen (secondary N) is 7. The van der Waals surface area contributed by atoms with Gasteiger partial charge in [-0.2, -0.15) is 39.9 Å². The predicted octanol–water partition coefficient (Wildman–Crippen LogP) is 15.7. The molecule has 4 fully saturated rings. The Hall–Kier alpha value is -12.9. The first kappa shape index (κ1) is 86.9. The van der Waals surface area contributed by atoms with E-state index in [-0.39, 0.29) is 38.0 Å². The number of benzene rings is 3. The molecule has 122 heavy (non-hydrogen) atoms. The summed E-state index contributed by atoms with van der Waals surface area (Å²) in [6, 6.07) is 30.9. The summed E-state index contributed by atoms with van der Waals surface area (Å²) in [5.74, 6) is 1.88. The van der Waals surface area contributed by atoms with Gasteiger partial charge < -0.3 is 79.9 Å². The van der Waals surface area contributed by atoms with Crippen molar-refractivity contribution < 1.29 is 48.8 Å². The fourth-order valence-electron chi connectivity index (χ4n) is 16.1. The van der Waals surface area contributed by atoms with E-state index >= 15 is 0 Å². The fraction of sp³-hybridized carbons (Fsp3) is 0.466. The zero-order chi connectivity index (χ0) is 85.1. The molecule has 4 aliphatic rings. The predicted molar refractivity (Wildman–Crippen MR) is 469 cm³/mol. The molecule has 11 N–H and O–H groups in total. The molecule has 0 radical (unpaired) electrons. The third kappa shape index (κ3) is 24.2. The van der Waals surface area contributed by atoms with Crippen molar-refractivity contribution in [2.45, 2.75) is 244 Å². The first-order chi connectivity index (χ1) is 59.5. The van der Waals surface area contributed by atoms with Crippen LogP contribution in [0.2, 0.25) is 0 Å². The van der Waals surface area contributed by atoms with Crippen LogP contribution in [0.25, 0.3) is 44.7 Å². The Bertz CT molecular complexity index is 5400. The second kappa shape index (κ2) is 43.4. The lowest BCUT2D eigenvalue weighted by Crippen LogP contribution is -2.23. The summed E-state index contributed by atoms with van der Waals surface area (Å²) in [4.78, 5) is 114. The number of hydrogen-bond donors (Lipinski definition) is 11. The smallest absolute Gasteiger partial charge is 0.323 e. The van der Waals surface area contributed by atoms with Crippen LogP contribution in [0.1, 0.15) is 225 Å². The van der Waals surface area contributed by atoms with E-state index in [4.69, 9.17) is 19.6 Å². The number of carbonyl (C=O) groups is 5. The van der Waals surface area contributed by atoms with E-state index in [1.54, 1.807) is 15.4 Å². The Morgan fingerprint density at radius 3 is 1.29 bits per heavy atom. The Labute approximate surface area is 707 Å². The SMILES string of the molecule is CCCCCNc1nc(N(C)Cc2ccco2)c2ncn(CC(=O)O)c2n1.CCCCCNc1nc(NC2CCCC2)c2ncn(CC(=O)O)c2n1.O=C(O)Cn1cnc2c(NC3CCCCC3)nc(NCc3ccc(C4CCCCC4)cc3)nc21.O=C(O)Cn1cnc2c(NCc3ccccc3)nc(NC(=O)c3ccc(C4CCCCC4)cc3)nc21. The molecule has 12 aromatic rings. The highest BCUT2D eigenvalue weighted by Crippen LogP contribution is 2.36. The van der Waals surface area contributed by atoms with Crippen LogP contribution >= 0.6 is 0 Å². The number of anilines is 8. The lowest BCUT2D eigenvalue weighted by Gasteiger charge is -2.23. The molecule has 0 bridgehead atoms. The average Bonchev–Trinajstić information content (AvgIpc) is 1.64. The van der Waals surface area contributed by atoms with Crippen molar-refractivity contribution in [2.24, 2.45) is 0 Å². The van der Waals surface area contributed by atoms with Gasteiger partial charge in [-0.25, -0.2) is 19.9 Å². The molecular weight excluding hydrogens is 1550 g/mol. The van der Waals surface area contributed by atoms with Gasteiger partial charge in [-0.05, 0) is 123 Å². The highest BCUT2D eigenvalue weighted by atomic mass is 16.4. The van der Waals surface area contributed by atoms with Crippen molar-refractivity contribution in [2.75, 3.05) is 62.3 Å². The van der Waals surface area contributed by atoms with Crippen molar-refractivity contribution in [1.29, 1.82) is 0 Å². The zero-order valence-electron chi connectivity index (χ0n) is 69.7. The fourth-order valence-corrected chi connectivity index (χ4v) is 16.1. The van der Waals surface area contributed by atoms with E-state index in [1.165, 1.54) is 147 Å². The van der Waals surface area contributed by atoms with Crippen LogP contribution in [0.5, 0.6) is 0 Å². The third-order valence-corrected chi connectivity index (χ3v) is 22.4. The molecule has 0 unspecified atom stereocenters. The zero-order valence-corrected chi connectivity index (χ0v) is 69.7. The molecule has 34 nitrogen and oxygen atoms in total. The van der Waals surface area contributed by atoms with Crippen molar-refractivity contribution >= 4 is 122 Å². The highest BCUT2D eigenvalue weighted by Gasteiger charge is 2.26. The van der Waals surface area contributed by atoms with Crippen LogP contribution in [-0.2, 0) is 65.0 Å². The molecule has 3 aromatic carbocycles. The number of rotatable bonds is 35. The number of carbonyl (C=O) groups excluding carboxylic acids is 1. The number of imidazole rings is 4. The Balaban J connectivity index is 0.000000142. The number of carboxylic acid groups (broad SMARTS) is 4. The van der Waals surface area contributed by atoms with Crippen LogP contribution in [0, 0.1) is 0 Å². The quantitative estimate of drug-likeness (QED) is 0.0164. The van der Waals surface area contributed by atoms with Gasteiger partial charge in [0.05, 0.1) is 38.1 Å². The number of furan rings is 1. The molecule has 16 rings (SSSR count). The summed E-state index contributed by atoms with van der Waals surface area (Å²) < 4.78 is 11.5. The van der Waals surface area contributed by atoms with Gasteiger partial charge in [-0.1, -0.05) is 177 Å². The van der Waals surface area contributed by atoms with Crippen molar-refractivity contribution in [3.63, 3.8) is 0 Å². The molecular formula is C88H112N24O10. The standard InChI is InChI=1S/C27H28N6O3.C26H34N6O2.C18H24N6O3.C17H26N6O2/c34-22(35)16-33-17-29-23-24(28-15-18-7-3-1-4-8-18)30-27(31-25(23)33)32-26(36)21-13-11-20(12-14-21)19-9-5-2-6-10-19;33-22(34)16-32-17-28-23-24(29-21-9-5-2-6-10-21)30-26(31-25(23)32)27-15-18-11-13-20(14-12-18)19-7-3-1-4-8-19;1-3-4-5-8-19-18-21-16(23(2)10-13-7-6-9-27-13)15-17(22-18)24(12-20-15)11-14(25)26;1-2-3-6-9-18-17-21-15(20-12-7-4-5-8-12)14-16(22-17)23(11-19-14)10-13(24)25/h1,3-4,7-8,11-14,17,19H,2,5-6,9-10,15-16H2,(H,34,35)(H2,28,30,31,32,36);11-14,17,19,21H,1-10,15-16H2,(H,33,34)(H2,27,29,30,31);6-7,9,12H,3-5,8,10-11H2,1-2H3,(H,25,26)(H,19,21,22);11-12H,2-10H2,1H3,(H,24,25)(H2,18,20,21,22). The third-order valence-electron chi connectivity index (χ3n) is 22.4. The molecule has 644 valence electrons. The maximum absolute atomic E-state index is 13.0. The lowest BCUT2D eigenvalue weighted by atomic mass is 9.84. The van der Waals surface area contributed by atoms with Gasteiger partial charge in [0.25, 0.3) is 5.91 Å². The van der Waals surface area contributed by atoms with Crippen molar-refractivity contribution in [3.05, 3.63) is 156 Å². The normalized spacial score (nSPS) is 14.5. The summed E-state index contributed by atoms with van der Waals surface area (Å²) in [5.41, 5.74) is 9.58. The van der Waals surface area contributed by atoms with E-state index in [1.807, 2.05) is 78.7 Å². The van der Waals surface area contributed by atoms with E-state index < -0.39 is 23.9 Å². The Morgan fingerprint density at radius 1 is 0.418 bits per heavy atom. The molecule has 34 heteroatoms. The van der Waals surface area contributed by atoms with E-state index in [0.29, 0.717) is 135 Å². The van der Waals surface area contributed by atoms with Gasteiger partial charge in [-0.3, -0.25) is 29.3 Å². The minimum atomic E-state index is -1.02. The minimum Gasteiger partial charge on any atom is -0.480 e. The van der Waals surface area contributed by atoms with Gasteiger partial charge in [0, 0.05) is 50.9 Å². The van der Waals surface area contributed by atoms with Gasteiger partial charge in [0.15, 0.2) is 67.9 Å². The number of hydrogen-bond acceptors (Lipinski definition) is 25. The molecule has 0 atom stereocenters. The number of nitrogens with zero attached hydrogens (tertiary/aromatic N) is 17. The van der Waals surface area contributed by atoms with Gasteiger partial charge in [0.2, 0.25) is 23.8 Å². The number of amides is 1. The molecule has 9 heterocycles. The maximum atomic E-state index is 13.0. The second-order valence-corrected chi connectivity index (χ2v) is 31.8. The maximum Gasteiger partial charge on any atom is 0.323 e. The van der Waals surface area contributed by atoms with Gasteiger partial charge in [-0.15, -0.1) is 0 Å². The second-order valence-electron chi connectivity index (χ2n) is 31.8. The molecule has 1 amide bonds. The molecule has 0 aliphatic heterocycles. The van der Waals surface area contributed by atoms with Crippen LogP contribution < -0.4 is 42.1 Å². The summed E-state index contributed by atoms with van der Waals surface area (Å²) in [5, 5.41) is 59.7. The van der Waals surface area contributed by atoms with Crippen LogP contribution in [0.3, 0.4) is 0 Å². The number of fused-ring (bicyclic) bond motifs is 4. The molecule has 4 aliphatic carbocycles. The first-order valence-corrected chi connectivity index (χ1v) is 43.0. The van der Waals surface area contributed by atoms with Crippen LogP contribution in [-0.4, -0.2) is 161 Å². The number of aromatic nitrogens is 16. The van der Waals surface area contributed by atoms with Gasteiger partial charge in [0.1, 0.15) is 31.9 Å². The summed E-state index contributed by atoms with van der Waals surface area (Å²) in [6.07, 6.45) is 37.7. The molecule has 0 spiro atoms. The lowest BCUT2D eigenvalue weighted by molar-refractivity contribution is -0.138. The summed E-state index contributed by atoms with van der Waals surface area (Å²) in [7, 11) is 1.89. The molecule has 4 saturated carbocycles. The Morgan fingerprint density at radius 2 is 0.820 bits per heavy atom. The summed E-state index contributed by atoms with van der Waals surface area (Å²) >= 11 is 0. The number of unbranched alkanes of at least 4 members (excludes halogenated alkanes) is 4. The minimum absolute atomic E-state index is 0.0755. The molecule has 9 aromatic heterocycles. The topological polar surface area (TPSA) is 441 Å². The van der Waals surface area contributed by atoms with Crippen LogP contribution in [0.4, 0.5) is 47.1 Å². The Kier molecular flexibility index (Phi) is 30.9. The van der Waals surface area contributed by atoms with E-state index in [2.05, 4.69) is 130 Å². The first-order valence-electron chi connectivity index (χ1n) is 43.0. The van der Waals surface area contributed by atoms with E-state index in [0.717, 1.165) is 88.6 Å². The largest absolute Gasteiger partial charge is 0.480 e. The highest BCUT2D eigenvalue weighted by molar-refractivity contribution is 6.04.